The molecule has 128 valence electrons. The van der Waals surface area contributed by atoms with Crippen molar-refractivity contribution in [1.29, 1.82) is 0 Å². The Bertz CT molecular complexity index is 562. The van der Waals surface area contributed by atoms with Crippen LogP contribution in [0.5, 0.6) is 0 Å². The molecule has 0 aliphatic carbocycles. The monoisotopic (exact) mass is 338 g/mol. The van der Waals surface area contributed by atoms with Crippen molar-refractivity contribution in [2.75, 3.05) is 19.7 Å². The Morgan fingerprint density at radius 3 is 2.83 bits per heavy atom. The van der Waals surface area contributed by atoms with E-state index in [1.807, 2.05) is 33.1 Å². The van der Waals surface area contributed by atoms with Crippen molar-refractivity contribution in [3.05, 3.63) is 21.9 Å². The summed E-state index contributed by atoms with van der Waals surface area (Å²) in [5.74, 6) is -0.170. The molecule has 1 N–H and O–H groups in total. The van der Waals surface area contributed by atoms with Crippen LogP contribution in [0.15, 0.2) is 11.4 Å². The maximum atomic E-state index is 12.5. The molecule has 0 bridgehead atoms. The number of nitrogens with one attached hydrogen (secondary N) is 1. The van der Waals surface area contributed by atoms with Crippen LogP contribution in [0.1, 0.15) is 50.7 Å². The van der Waals surface area contributed by atoms with Crippen molar-refractivity contribution < 1.29 is 14.3 Å². The van der Waals surface area contributed by atoms with Crippen molar-refractivity contribution in [2.45, 2.75) is 52.2 Å². The first kappa shape index (κ1) is 17.9. The lowest BCUT2D eigenvalue weighted by Gasteiger charge is -2.28. The van der Waals surface area contributed by atoms with E-state index in [-0.39, 0.29) is 30.0 Å². The smallest absolute Gasteiger partial charge is 0.240 e. The number of hydrogen-bond acceptors (Lipinski definition) is 4. The van der Waals surface area contributed by atoms with Gasteiger partial charge in [-0.2, -0.15) is 0 Å². The second-order valence-corrected chi connectivity index (χ2v) is 7.78. The highest BCUT2D eigenvalue weighted by atomic mass is 32.1. The van der Waals surface area contributed by atoms with E-state index in [0.717, 1.165) is 11.3 Å². The van der Waals surface area contributed by atoms with Gasteiger partial charge in [0.1, 0.15) is 6.10 Å². The molecular weight excluding hydrogens is 312 g/mol. The molecule has 2 heterocycles. The molecule has 0 aromatic carbocycles. The summed E-state index contributed by atoms with van der Waals surface area (Å²) in [6, 6.07) is 2.11. The average molecular weight is 338 g/mol. The third kappa shape index (κ3) is 5.04. The number of hydrogen-bond donors (Lipinski definition) is 1. The first-order valence-corrected chi connectivity index (χ1v) is 8.94. The van der Waals surface area contributed by atoms with Crippen molar-refractivity contribution in [2.24, 2.45) is 0 Å². The molecule has 0 saturated carbocycles. The summed E-state index contributed by atoms with van der Waals surface area (Å²) in [5, 5.41) is 4.94. The summed E-state index contributed by atoms with van der Waals surface area (Å²) >= 11 is 1.64. The minimum absolute atomic E-state index is 0.0391. The van der Waals surface area contributed by atoms with Gasteiger partial charge >= 0.3 is 0 Å². The van der Waals surface area contributed by atoms with Crippen LogP contribution in [-0.4, -0.2) is 41.9 Å². The van der Waals surface area contributed by atoms with Gasteiger partial charge in [-0.05, 0) is 51.1 Å². The van der Waals surface area contributed by atoms with E-state index < -0.39 is 0 Å². The number of thiophene rings is 1. The van der Waals surface area contributed by atoms with Gasteiger partial charge in [-0.15, -0.1) is 11.3 Å². The Morgan fingerprint density at radius 1 is 1.43 bits per heavy atom. The zero-order chi connectivity index (χ0) is 17.0. The van der Waals surface area contributed by atoms with Gasteiger partial charge in [0.05, 0.1) is 19.6 Å². The van der Waals surface area contributed by atoms with Crippen LogP contribution in [0, 0.1) is 0 Å². The maximum absolute atomic E-state index is 12.5. The topological polar surface area (TPSA) is 58.6 Å². The van der Waals surface area contributed by atoms with Crippen LogP contribution in [0.25, 0.3) is 0 Å². The zero-order valence-corrected chi connectivity index (χ0v) is 15.2. The largest absolute Gasteiger partial charge is 0.372 e. The fourth-order valence-electron chi connectivity index (χ4n) is 2.67. The average Bonchev–Trinajstić information content (AvgIpc) is 2.92. The van der Waals surface area contributed by atoms with Gasteiger partial charge < -0.3 is 15.0 Å². The lowest BCUT2D eigenvalue weighted by atomic mass is 10.0. The predicted octanol–water partition coefficient (Wildman–Crippen LogP) is 2.52. The molecule has 1 aliphatic heterocycles. The Labute approximate surface area is 142 Å². The Balaban J connectivity index is 1.95. The van der Waals surface area contributed by atoms with Gasteiger partial charge in [0.15, 0.2) is 0 Å². The Morgan fingerprint density at radius 2 is 2.17 bits per heavy atom. The van der Waals surface area contributed by atoms with Gasteiger partial charge in [-0.25, -0.2) is 0 Å². The number of ether oxygens (including phenoxy) is 1. The van der Waals surface area contributed by atoms with Crippen LogP contribution in [-0.2, 0) is 20.7 Å². The van der Waals surface area contributed by atoms with E-state index in [9.17, 15) is 9.59 Å². The molecule has 1 aliphatic rings. The fourth-order valence-corrected chi connectivity index (χ4v) is 3.67. The number of carbonyl (C=O) groups is 2. The SMILES string of the molecule is CCN(CC(=O)NC(C)(C)C)C(=O)C[C@@H]1OCCc2ccsc21. The normalized spacial score (nSPS) is 17.5. The van der Waals surface area contributed by atoms with Crippen LogP contribution >= 0.6 is 11.3 Å². The maximum Gasteiger partial charge on any atom is 0.240 e. The number of carbonyl (C=O) groups excluding carboxylic acids is 2. The lowest BCUT2D eigenvalue weighted by molar-refractivity contribution is -0.138. The summed E-state index contributed by atoms with van der Waals surface area (Å²) in [6.07, 6.45) is 1.03. The van der Waals surface area contributed by atoms with Crippen LogP contribution in [0.2, 0.25) is 0 Å². The number of likely N-dealkylation sites (N-methyl/N-ethyl adjacent to an activating group) is 1. The molecule has 0 fully saturated rings. The molecule has 23 heavy (non-hydrogen) atoms. The first-order chi connectivity index (χ1) is 10.8. The van der Waals surface area contributed by atoms with E-state index >= 15 is 0 Å². The number of amides is 2. The Kier molecular flexibility index (Phi) is 5.81. The first-order valence-electron chi connectivity index (χ1n) is 8.07. The van der Waals surface area contributed by atoms with Gasteiger partial charge in [-0.1, -0.05) is 0 Å². The molecule has 0 spiro atoms. The van der Waals surface area contributed by atoms with E-state index in [0.29, 0.717) is 19.6 Å². The van der Waals surface area contributed by atoms with Crippen molar-refractivity contribution in [3.8, 4) is 0 Å². The molecule has 1 aromatic heterocycles. The molecule has 1 aromatic rings. The molecule has 0 saturated heterocycles. The van der Waals surface area contributed by atoms with Gasteiger partial charge in [0.2, 0.25) is 11.8 Å². The highest BCUT2D eigenvalue weighted by molar-refractivity contribution is 7.10. The molecular formula is C17H26N2O3S. The third-order valence-corrected chi connectivity index (χ3v) is 4.76. The molecule has 6 heteroatoms. The third-order valence-electron chi connectivity index (χ3n) is 3.71. The second-order valence-electron chi connectivity index (χ2n) is 6.83. The van der Waals surface area contributed by atoms with Gasteiger partial charge in [0.25, 0.3) is 0 Å². The van der Waals surface area contributed by atoms with Gasteiger partial charge in [-0.3, -0.25) is 9.59 Å². The number of nitrogens with zero attached hydrogens (tertiary/aromatic N) is 1. The van der Waals surface area contributed by atoms with E-state index in [1.54, 1.807) is 16.2 Å². The Hall–Kier alpha value is -1.40. The van der Waals surface area contributed by atoms with Crippen LogP contribution in [0.4, 0.5) is 0 Å². The van der Waals surface area contributed by atoms with E-state index in [1.165, 1.54) is 5.56 Å². The minimum Gasteiger partial charge on any atom is -0.372 e. The van der Waals surface area contributed by atoms with E-state index in [2.05, 4.69) is 11.4 Å². The van der Waals surface area contributed by atoms with Crippen molar-refractivity contribution in [3.63, 3.8) is 0 Å². The van der Waals surface area contributed by atoms with E-state index in [4.69, 9.17) is 4.74 Å². The fraction of sp³-hybridized carbons (Fsp3) is 0.647. The van der Waals surface area contributed by atoms with Crippen molar-refractivity contribution in [1.82, 2.24) is 10.2 Å². The molecule has 0 unspecified atom stereocenters. The molecule has 5 nitrogen and oxygen atoms in total. The minimum atomic E-state index is -0.294. The second kappa shape index (κ2) is 7.45. The standard InChI is InChI=1S/C17H26N2O3S/c1-5-19(11-14(20)18-17(2,3)4)15(21)10-13-16-12(6-8-22-13)7-9-23-16/h7,9,13H,5-6,8,10-11H2,1-4H3,(H,18,20)/t13-/m0/s1. The molecule has 2 rings (SSSR count). The lowest BCUT2D eigenvalue weighted by Crippen LogP contribution is -2.47. The quantitative estimate of drug-likeness (QED) is 0.897. The highest BCUT2D eigenvalue weighted by Crippen LogP contribution is 2.34. The van der Waals surface area contributed by atoms with Gasteiger partial charge in [0, 0.05) is 17.0 Å². The molecule has 0 radical (unpaired) electrons. The summed E-state index contributed by atoms with van der Waals surface area (Å²) in [4.78, 5) is 27.3. The summed E-state index contributed by atoms with van der Waals surface area (Å²) in [5.41, 5.74) is 0.991. The van der Waals surface area contributed by atoms with Crippen LogP contribution < -0.4 is 5.32 Å². The zero-order valence-electron chi connectivity index (χ0n) is 14.3. The number of rotatable bonds is 5. The highest BCUT2D eigenvalue weighted by Gasteiger charge is 2.27. The molecule has 2 amide bonds. The number of fused-ring (bicyclic) bond motifs is 1. The summed E-state index contributed by atoms with van der Waals surface area (Å²) in [7, 11) is 0. The molecule has 1 atom stereocenters. The van der Waals surface area contributed by atoms with Crippen LogP contribution in [0.3, 0.4) is 0 Å². The summed E-state index contributed by atoms with van der Waals surface area (Å²) < 4.78 is 5.78. The summed E-state index contributed by atoms with van der Waals surface area (Å²) in [6.45, 7) is 8.93. The predicted molar refractivity (Wildman–Crippen MR) is 91.5 cm³/mol. The van der Waals surface area contributed by atoms with Crippen molar-refractivity contribution >= 4 is 23.2 Å².